The predicted octanol–water partition coefficient (Wildman–Crippen LogP) is 2.22. The minimum atomic E-state index is -3.66. The molecule has 0 saturated heterocycles. The van der Waals surface area contributed by atoms with Gasteiger partial charge in [-0.15, -0.1) is 0 Å². The van der Waals surface area contributed by atoms with Crippen LogP contribution in [0, 0.1) is 5.92 Å². The molecule has 0 heterocycles. The highest BCUT2D eigenvalue weighted by Gasteiger charge is 2.35. The lowest BCUT2D eigenvalue weighted by molar-refractivity contribution is 0.1000. The van der Waals surface area contributed by atoms with Gasteiger partial charge in [-0.2, -0.15) is 0 Å². The topological polar surface area (TPSA) is 89.3 Å². The van der Waals surface area contributed by atoms with E-state index in [2.05, 4.69) is 4.72 Å². The van der Waals surface area contributed by atoms with Gasteiger partial charge in [0.15, 0.2) is 0 Å². The molecule has 0 radical (unpaired) electrons. The summed E-state index contributed by atoms with van der Waals surface area (Å²) in [6, 6.07) is 15.0. The maximum absolute atomic E-state index is 12.6. The molecule has 0 unspecified atom stereocenters. The summed E-state index contributed by atoms with van der Waals surface area (Å²) < 4.78 is 28.0. The average Bonchev–Trinajstić information content (AvgIpc) is 3.38. The Morgan fingerprint density at radius 2 is 1.65 bits per heavy atom. The third-order valence-electron chi connectivity index (χ3n) is 3.98. The van der Waals surface area contributed by atoms with Gasteiger partial charge in [0.25, 0.3) is 0 Å². The first kappa shape index (κ1) is 15.7. The molecule has 5 nitrogen and oxygen atoms in total. The van der Waals surface area contributed by atoms with Crippen molar-refractivity contribution in [3.63, 3.8) is 0 Å². The second kappa shape index (κ2) is 6.14. The lowest BCUT2D eigenvalue weighted by atomic mass is 10.0. The Labute approximate surface area is 135 Å². The van der Waals surface area contributed by atoms with Crippen molar-refractivity contribution < 1.29 is 13.2 Å². The van der Waals surface area contributed by atoms with Crippen LogP contribution in [0.4, 0.5) is 0 Å². The highest BCUT2D eigenvalue weighted by molar-refractivity contribution is 7.89. The van der Waals surface area contributed by atoms with E-state index in [0.717, 1.165) is 18.4 Å². The van der Waals surface area contributed by atoms with Crippen LogP contribution >= 0.6 is 0 Å². The quantitative estimate of drug-likeness (QED) is 0.851. The van der Waals surface area contributed by atoms with E-state index in [0.29, 0.717) is 5.92 Å². The Morgan fingerprint density at radius 1 is 1.04 bits per heavy atom. The molecular formula is C17H18N2O3S. The molecule has 1 aliphatic carbocycles. The van der Waals surface area contributed by atoms with Crippen LogP contribution in [0.25, 0.3) is 0 Å². The number of primary amides is 1. The van der Waals surface area contributed by atoms with Crippen LogP contribution in [0.3, 0.4) is 0 Å². The van der Waals surface area contributed by atoms with Gasteiger partial charge in [-0.25, -0.2) is 13.1 Å². The number of sulfonamides is 1. The van der Waals surface area contributed by atoms with Crippen molar-refractivity contribution in [1.82, 2.24) is 4.72 Å². The largest absolute Gasteiger partial charge is 0.366 e. The molecule has 0 spiro atoms. The second-order valence-corrected chi connectivity index (χ2v) is 7.45. The lowest BCUT2D eigenvalue weighted by Crippen LogP contribution is -2.30. The smallest absolute Gasteiger partial charge is 0.248 e. The molecule has 1 saturated carbocycles. The predicted molar refractivity (Wildman–Crippen MR) is 87.2 cm³/mol. The van der Waals surface area contributed by atoms with Gasteiger partial charge in [-0.1, -0.05) is 30.3 Å². The molecule has 6 heteroatoms. The van der Waals surface area contributed by atoms with Crippen molar-refractivity contribution in [3.8, 4) is 0 Å². The minimum absolute atomic E-state index is 0.129. The Hall–Kier alpha value is -2.18. The van der Waals surface area contributed by atoms with E-state index in [1.165, 1.54) is 24.3 Å². The van der Waals surface area contributed by atoms with Gasteiger partial charge < -0.3 is 5.73 Å². The molecule has 3 N–H and O–H groups in total. The number of hydrogen-bond acceptors (Lipinski definition) is 3. The Morgan fingerprint density at radius 3 is 2.17 bits per heavy atom. The van der Waals surface area contributed by atoms with Crippen LogP contribution in [0.1, 0.15) is 34.8 Å². The molecular weight excluding hydrogens is 312 g/mol. The third kappa shape index (κ3) is 3.60. The molecule has 0 aromatic heterocycles. The highest BCUT2D eigenvalue weighted by Crippen LogP contribution is 2.41. The van der Waals surface area contributed by atoms with Gasteiger partial charge in [0.1, 0.15) is 0 Å². The minimum Gasteiger partial charge on any atom is -0.366 e. The molecule has 3 rings (SSSR count). The van der Waals surface area contributed by atoms with Crippen molar-refractivity contribution >= 4 is 15.9 Å². The molecule has 120 valence electrons. The molecule has 2 aromatic carbocycles. The summed E-state index contributed by atoms with van der Waals surface area (Å²) in [5, 5.41) is 0. The van der Waals surface area contributed by atoms with Crippen LogP contribution in [0.5, 0.6) is 0 Å². The summed E-state index contributed by atoms with van der Waals surface area (Å²) in [7, 11) is -3.66. The molecule has 23 heavy (non-hydrogen) atoms. The highest BCUT2D eigenvalue weighted by atomic mass is 32.2. The molecule has 1 atom stereocenters. The van der Waals surface area contributed by atoms with E-state index in [9.17, 15) is 13.2 Å². The SMILES string of the molecule is NC(=O)c1ccc(S(=O)(=O)N[C@@H](c2ccccc2)C2CC2)cc1. The number of rotatable bonds is 6. The second-order valence-electron chi connectivity index (χ2n) is 5.74. The summed E-state index contributed by atoms with van der Waals surface area (Å²) in [6.45, 7) is 0. The van der Waals surface area contributed by atoms with E-state index in [-0.39, 0.29) is 16.5 Å². The Balaban J connectivity index is 1.85. The van der Waals surface area contributed by atoms with Gasteiger partial charge in [0.05, 0.1) is 4.90 Å². The fourth-order valence-corrected chi connectivity index (χ4v) is 3.85. The Kier molecular flexibility index (Phi) is 4.19. The van der Waals surface area contributed by atoms with Crippen molar-refractivity contribution in [3.05, 3.63) is 65.7 Å². The van der Waals surface area contributed by atoms with E-state index in [1.807, 2.05) is 30.3 Å². The van der Waals surface area contributed by atoms with Gasteiger partial charge >= 0.3 is 0 Å². The fourth-order valence-electron chi connectivity index (χ4n) is 2.56. The number of amides is 1. The van der Waals surface area contributed by atoms with Gasteiger partial charge in [-0.05, 0) is 48.6 Å². The van der Waals surface area contributed by atoms with E-state index in [1.54, 1.807) is 0 Å². The summed E-state index contributed by atoms with van der Waals surface area (Å²) in [5.41, 5.74) is 6.42. The molecule has 1 aliphatic rings. The third-order valence-corrected chi connectivity index (χ3v) is 5.44. The number of hydrogen-bond donors (Lipinski definition) is 2. The van der Waals surface area contributed by atoms with Crippen molar-refractivity contribution in [2.75, 3.05) is 0 Å². The van der Waals surface area contributed by atoms with Crippen molar-refractivity contribution in [2.24, 2.45) is 11.7 Å². The number of nitrogens with one attached hydrogen (secondary N) is 1. The van der Waals surface area contributed by atoms with Gasteiger partial charge in [-0.3, -0.25) is 4.79 Å². The van der Waals surface area contributed by atoms with Crippen LogP contribution in [-0.4, -0.2) is 14.3 Å². The number of benzene rings is 2. The average molecular weight is 330 g/mol. The molecule has 0 aliphatic heterocycles. The van der Waals surface area contributed by atoms with E-state index < -0.39 is 15.9 Å². The van der Waals surface area contributed by atoms with Crippen molar-refractivity contribution in [1.29, 1.82) is 0 Å². The van der Waals surface area contributed by atoms with Crippen LogP contribution < -0.4 is 10.5 Å². The summed E-state index contributed by atoms with van der Waals surface area (Å²) in [4.78, 5) is 11.2. The number of carbonyl (C=O) groups is 1. The zero-order chi connectivity index (χ0) is 16.4. The summed E-state index contributed by atoms with van der Waals surface area (Å²) in [6.07, 6.45) is 2.03. The molecule has 0 bridgehead atoms. The maximum Gasteiger partial charge on any atom is 0.248 e. The summed E-state index contributed by atoms with van der Waals surface area (Å²) >= 11 is 0. The van der Waals surface area contributed by atoms with Crippen LogP contribution in [-0.2, 0) is 10.0 Å². The molecule has 1 amide bonds. The normalized spacial score (nSPS) is 16.0. The van der Waals surface area contributed by atoms with Gasteiger partial charge in [0, 0.05) is 11.6 Å². The van der Waals surface area contributed by atoms with E-state index in [4.69, 9.17) is 5.73 Å². The Bertz CT molecular complexity index is 797. The zero-order valence-corrected chi connectivity index (χ0v) is 13.3. The van der Waals surface area contributed by atoms with Gasteiger partial charge in [0.2, 0.25) is 15.9 Å². The van der Waals surface area contributed by atoms with E-state index >= 15 is 0 Å². The fraction of sp³-hybridized carbons (Fsp3) is 0.235. The number of carbonyl (C=O) groups excluding carboxylic acids is 1. The lowest BCUT2D eigenvalue weighted by Gasteiger charge is -2.19. The monoisotopic (exact) mass is 330 g/mol. The zero-order valence-electron chi connectivity index (χ0n) is 12.5. The maximum atomic E-state index is 12.6. The van der Waals surface area contributed by atoms with Crippen LogP contribution in [0.2, 0.25) is 0 Å². The first-order valence-corrected chi connectivity index (χ1v) is 8.93. The molecule has 2 aromatic rings. The standard InChI is InChI=1S/C17H18N2O3S/c18-17(20)14-8-10-15(11-9-14)23(21,22)19-16(13-6-7-13)12-4-2-1-3-5-12/h1-5,8-11,13,16,19H,6-7H2,(H2,18,20)/t16-/m0/s1. The number of nitrogens with two attached hydrogens (primary N) is 1. The summed E-state index contributed by atoms with van der Waals surface area (Å²) in [5.74, 6) is -0.251. The van der Waals surface area contributed by atoms with Crippen LogP contribution in [0.15, 0.2) is 59.5 Å². The first-order valence-electron chi connectivity index (χ1n) is 7.44. The van der Waals surface area contributed by atoms with Crippen molar-refractivity contribution in [2.45, 2.75) is 23.8 Å². The molecule has 1 fully saturated rings. The first-order chi connectivity index (χ1) is 11.0.